The minimum atomic E-state index is -0.175. The molecule has 0 saturated carbocycles. The summed E-state index contributed by atoms with van der Waals surface area (Å²) in [6, 6.07) is 7.97. The van der Waals surface area contributed by atoms with Crippen LogP contribution in [0.3, 0.4) is 0 Å². The Morgan fingerprint density at radius 2 is 2.19 bits per heavy atom. The maximum atomic E-state index is 12.1. The standard InChI is InChI=1S/C14H15Br2N3O2/c1-21-6-5-19-14(20)13(16)12(9-18-19)17-8-10-3-2-4-11(15)7-10/h2-4,7,9,17H,5-6,8H2,1H3. The first-order valence-corrected chi connectivity index (χ1v) is 7.93. The molecule has 1 aromatic carbocycles. The molecule has 0 fully saturated rings. The van der Waals surface area contributed by atoms with E-state index < -0.39 is 0 Å². The normalized spacial score (nSPS) is 10.6. The van der Waals surface area contributed by atoms with Crippen LogP contribution in [0.1, 0.15) is 5.56 Å². The van der Waals surface area contributed by atoms with E-state index in [1.165, 1.54) is 4.68 Å². The summed E-state index contributed by atoms with van der Waals surface area (Å²) in [6.07, 6.45) is 1.64. The van der Waals surface area contributed by atoms with Crippen molar-refractivity contribution in [1.82, 2.24) is 9.78 Å². The van der Waals surface area contributed by atoms with Gasteiger partial charge in [0, 0.05) is 18.1 Å². The molecule has 0 amide bonds. The lowest BCUT2D eigenvalue weighted by atomic mass is 10.2. The predicted molar refractivity (Wildman–Crippen MR) is 89.5 cm³/mol. The molecule has 0 aliphatic rings. The minimum absolute atomic E-state index is 0.175. The predicted octanol–water partition coefficient (Wildman–Crippen LogP) is 3.03. The second-order valence-electron chi connectivity index (χ2n) is 4.38. The Labute approximate surface area is 139 Å². The van der Waals surface area contributed by atoms with E-state index >= 15 is 0 Å². The van der Waals surface area contributed by atoms with E-state index in [0.717, 1.165) is 10.0 Å². The smallest absolute Gasteiger partial charge is 0.283 e. The third-order valence-electron chi connectivity index (χ3n) is 2.86. The van der Waals surface area contributed by atoms with Crippen molar-refractivity contribution in [3.05, 3.63) is 55.3 Å². The number of aromatic nitrogens is 2. The van der Waals surface area contributed by atoms with Crippen molar-refractivity contribution in [3.8, 4) is 0 Å². The average Bonchev–Trinajstić information content (AvgIpc) is 2.48. The molecule has 2 aromatic rings. The Morgan fingerprint density at radius 1 is 1.38 bits per heavy atom. The molecular weight excluding hydrogens is 402 g/mol. The number of hydrogen-bond acceptors (Lipinski definition) is 4. The van der Waals surface area contributed by atoms with Crippen LogP contribution in [-0.4, -0.2) is 23.5 Å². The Balaban J connectivity index is 2.10. The van der Waals surface area contributed by atoms with Gasteiger partial charge in [0.15, 0.2) is 0 Å². The number of benzene rings is 1. The number of anilines is 1. The number of nitrogens with zero attached hydrogens (tertiary/aromatic N) is 2. The zero-order valence-corrected chi connectivity index (χ0v) is 14.6. The summed E-state index contributed by atoms with van der Waals surface area (Å²) in [6.45, 7) is 1.49. The van der Waals surface area contributed by atoms with Crippen molar-refractivity contribution in [3.63, 3.8) is 0 Å². The van der Waals surface area contributed by atoms with Crippen LogP contribution >= 0.6 is 31.9 Å². The summed E-state index contributed by atoms with van der Waals surface area (Å²) in [4.78, 5) is 12.1. The van der Waals surface area contributed by atoms with Gasteiger partial charge >= 0.3 is 0 Å². The second-order valence-corrected chi connectivity index (χ2v) is 6.09. The van der Waals surface area contributed by atoms with Gasteiger partial charge in [-0.3, -0.25) is 4.79 Å². The van der Waals surface area contributed by atoms with Crippen LogP contribution in [0.4, 0.5) is 5.69 Å². The quantitative estimate of drug-likeness (QED) is 0.786. The van der Waals surface area contributed by atoms with Gasteiger partial charge in [-0.05, 0) is 33.6 Å². The first-order chi connectivity index (χ1) is 10.1. The molecule has 0 saturated heterocycles. The lowest BCUT2D eigenvalue weighted by Crippen LogP contribution is -2.26. The van der Waals surface area contributed by atoms with Gasteiger partial charge in [-0.2, -0.15) is 5.10 Å². The Kier molecular flexibility index (Phi) is 5.96. The summed E-state index contributed by atoms with van der Waals surface area (Å²) in [5.41, 5.74) is 1.61. The highest BCUT2D eigenvalue weighted by molar-refractivity contribution is 9.10. The summed E-state index contributed by atoms with van der Waals surface area (Å²) >= 11 is 6.76. The van der Waals surface area contributed by atoms with E-state index in [0.29, 0.717) is 29.9 Å². The second kappa shape index (κ2) is 7.72. The molecule has 0 aliphatic heterocycles. The van der Waals surface area contributed by atoms with Gasteiger partial charge < -0.3 is 10.1 Å². The number of nitrogens with one attached hydrogen (secondary N) is 1. The first kappa shape index (κ1) is 16.2. The molecule has 0 spiro atoms. The van der Waals surface area contributed by atoms with Crippen LogP contribution in [-0.2, 0) is 17.8 Å². The number of ether oxygens (including phenoxy) is 1. The Hall–Kier alpha value is -1.18. The molecule has 0 radical (unpaired) electrons. The van der Waals surface area contributed by atoms with Crippen molar-refractivity contribution in [2.75, 3.05) is 19.0 Å². The fourth-order valence-corrected chi connectivity index (χ4v) is 2.66. The fraction of sp³-hybridized carbons (Fsp3) is 0.286. The maximum absolute atomic E-state index is 12.1. The molecule has 0 atom stereocenters. The maximum Gasteiger partial charge on any atom is 0.283 e. The SMILES string of the molecule is COCCn1ncc(NCc2cccc(Br)c2)c(Br)c1=O. The van der Waals surface area contributed by atoms with Gasteiger partial charge in [0.25, 0.3) is 5.56 Å². The highest BCUT2D eigenvalue weighted by Crippen LogP contribution is 2.18. The van der Waals surface area contributed by atoms with Crippen LogP contribution in [0.25, 0.3) is 0 Å². The van der Waals surface area contributed by atoms with E-state index in [9.17, 15) is 4.79 Å². The van der Waals surface area contributed by atoms with Crippen molar-refractivity contribution in [2.45, 2.75) is 13.1 Å². The number of hydrogen-bond donors (Lipinski definition) is 1. The van der Waals surface area contributed by atoms with E-state index in [4.69, 9.17) is 4.74 Å². The summed E-state index contributed by atoms with van der Waals surface area (Å²) in [5, 5.41) is 7.33. The van der Waals surface area contributed by atoms with Gasteiger partial charge in [0.1, 0.15) is 4.47 Å². The number of halogens is 2. The van der Waals surface area contributed by atoms with Gasteiger partial charge in [-0.1, -0.05) is 28.1 Å². The lowest BCUT2D eigenvalue weighted by molar-refractivity contribution is 0.181. The average molecular weight is 417 g/mol. The highest BCUT2D eigenvalue weighted by atomic mass is 79.9. The van der Waals surface area contributed by atoms with Crippen LogP contribution in [0, 0.1) is 0 Å². The van der Waals surface area contributed by atoms with Gasteiger partial charge in [0.05, 0.1) is 25.0 Å². The van der Waals surface area contributed by atoms with Crippen LogP contribution < -0.4 is 10.9 Å². The molecule has 0 aliphatic carbocycles. The molecule has 0 unspecified atom stereocenters. The van der Waals surface area contributed by atoms with Gasteiger partial charge in [-0.15, -0.1) is 0 Å². The summed E-state index contributed by atoms with van der Waals surface area (Å²) < 4.78 is 7.82. The molecule has 21 heavy (non-hydrogen) atoms. The monoisotopic (exact) mass is 415 g/mol. The minimum Gasteiger partial charge on any atom is -0.383 e. The Morgan fingerprint density at radius 3 is 2.90 bits per heavy atom. The van der Waals surface area contributed by atoms with E-state index in [2.05, 4.69) is 42.3 Å². The van der Waals surface area contributed by atoms with E-state index in [-0.39, 0.29) is 5.56 Å². The van der Waals surface area contributed by atoms with Crippen LogP contribution in [0.2, 0.25) is 0 Å². The molecule has 1 aromatic heterocycles. The van der Waals surface area contributed by atoms with Crippen molar-refractivity contribution >= 4 is 37.5 Å². The number of methoxy groups -OCH3 is 1. The largest absolute Gasteiger partial charge is 0.383 e. The van der Waals surface area contributed by atoms with E-state index in [1.807, 2.05) is 24.3 Å². The Bertz CT molecular complexity index is 674. The summed E-state index contributed by atoms with van der Waals surface area (Å²) in [5.74, 6) is 0. The van der Waals surface area contributed by atoms with Crippen molar-refractivity contribution in [1.29, 1.82) is 0 Å². The lowest BCUT2D eigenvalue weighted by Gasteiger charge is -2.10. The molecule has 112 valence electrons. The zero-order valence-electron chi connectivity index (χ0n) is 11.5. The third-order valence-corrected chi connectivity index (χ3v) is 4.12. The van der Waals surface area contributed by atoms with E-state index in [1.54, 1.807) is 13.3 Å². The van der Waals surface area contributed by atoms with Gasteiger partial charge in [0.2, 0.25) is 0 Å². The van der Waals surface area contributed by atoms with Crippen molar-refractivity contribution in [2.24, 2.45) is 0 Å². The first-order valence-electron chi connectivity index (χ1n) is 6.34. The fourth-order valence-electron chi connectivity index (χ4n) is 1.77. The molecular formula is C14H15Br2N3O2. The van der Waals surface area contributed by atoms with Crippen LogP contribution in [0.15, 0.2) is 44.2 Å². The summed E-state index contributed by atoms with van der Waals surface area (Å²) in [7, 11) is 1.59. The highest BCUT2D eigenvalue weighted by Gasteiger charge is 2.08. The molecule has 0 bridgehead atoms. The van der Waals surface area contributed by atoms with Gasteiger partial charge in [-0.25, -0.2) is 4.68 Å². The molecule has 2 rings (SSSR count). The zero-order chi connectivity index (χ0) is 15.2. The molecule has 7 heteroatoms. The molecule has 5 nitrogen and oxygen atoms in total. The number of rotatable bonds is 6. The van der Waals surface area contributed by atoms with Crippen molar-refractivity contribution < 1.29 is 4.74 Å². The molecule has 1 heterocycles. The van der Waals surface area contributed by atoms with Crippen LogP contribution in [0.5, 0.6) is 0 Å². The molecule has 1 N–H and O–H groups in total. The topological polar surface area (TPSA) is 56.1 Å². The third kappa shape index (κ3) is 4.39.